The van der Waals surface area contributed by atoms with Crippen LogP contribution in [0.15, 0.2) is 54.6 Å². The lowest BCUT2D eigenvalue weighted by atomic mass is 9.63. The van der Waals surface area contributed by atoms with Crippen molar-refractivity contribution >= 4 is 12.6 Å². The molecule has 0 N–H and O–H groups in total. The first kappa shape index (κ1) is 27.8. The molecule has 0 bridgehead atoms. The molecule has 2 aromatic rings. The van der Waals surface area contributed by atoms with Crippen molar-refractivity contribution in [3.63, 3.8) is 0 Å². The third-order valence-electron chi connectivity index (χ3n) is 4.87. The lowest BCUT2D eigenvalue weighted by Crippen LogP contribution is -2.30. The number of hydrogen-bond acceptors (Lipinski definition) is 1. The molecule has 0 heterocycles. The summed E-state index contributed by atoms with van der Waals surface area (Å²) in [6.45, 7) is 24.6. The Morgan fingerprint density at radius 2 is 1.07 bits per heavy atom. The topological polar surface area (TPSA) is 0 Å². The number of hydrogen-bond donors (Lipinski definition) is 1. The van der Waals surface area contributed by atoms with Gasteiger partial charge in [0.25, 0.3) is 0 Å². The molecule has 0 aliphatic rings. The Kier molecular flexibility index (Phi) is 11.3. The Labute approximate surface area is 187 Å². The van der Waals surface area contributed by atoms with Crippen molar-refractivity contribution in [1.29, 1.82) is 0 Å². The summed E-state index contributed by atoms with van der Waals surface area (Å²) in [5, 5.41) is 0. The Hall–Kier alpha value is -1.21. The third-order valence-corrected chi connectivity index (χ3v) is 5.23. The van der Waals surface area contributed by atoms with E-state index in [-0.39, 0.29) is 10.8 Å². The molecule has 0 aliphatic carbocycles. The molecule has 0 amide bonds. The van der Waals surface area contributed by atoms with E-state index in [9.17, 15) is 0 Å². The van der Waals surface area contributed by atoms with Crippen LogP contribution in [0.1, 0.15) is 98.8 Å². The maximum absolute atomic E-state index is 4.31. The molecule has 0 saturated carbocycles. The number of thiol groups is 1. The van der Waals surface area contributed by atoms with Gasteiger partial charge in [0.2, 0.25) is 0 Å². The quantitative estimate of drug-likeness (QED) is 0.465. The van der Waals surface area contributed by atoms with Gasteiger partial charge in [-0.2, -0.15) is 12.6 Å². The van der Waals surface area contributed by atoms with E-state index in [1.807, 2.05) is 13.8 Å². The minimum Gasteiger partial charge on any atom is -0.175 e. The monoisotopic (exact) mass is 414 g/mol. The van der Waals surface area contributed by atoms with Gasteiger partial charge in [-0.05, 0) is 38.9 Å². The summed E-state index contributed by atoms with van der Waals surface area (Å²) in [6, 6.07) is 19.5. The first-order valence-corrected chi connectivity index (χ1v) is 11.7. The zero-order valence-electron chi connectivity index (χ0n) is 20.9. The Bertz CT molecular complexity index is 647. The fourth-order valence-corrected chi connectivity index (χ4v) is 4.26. The highest BCUT2D eigenvalue weighted by Gasteiger charge is 2.35. The van der Waals surface area contributed by atoms with Crippen LogP contribution in [0.25, 0.3) is 0 Å². The van der Waals surface area contributed by atoms with Crippen LogP contribution in [0.4, 0.5) is 0 Å². The minimum atomic E-state index is 0.279. The van der Waals surface area contributed by atoms with Crippen LogP contribution in [0, 0.1) is 10.8 Å². The normalized spacial score (nSPS) is 11.9. The smallest absolute Gasteiger partial charge is 0.0154 e. The van der Waals surface area contributed by atoms with Crippen LogP contribution < -0.4 is 0 Å². The number of benzene rings is 2. The highest BCUT2D eigenvalue weighted by Crippen LogP contribution is 2.47. The van der Waals surface area contributed by atoms with Gasteiger partial charge in [-0.3, -0.25) is 0 Å². The second kappa shape index (κ2) is 11.8. The zero-order valence-corrected chi connectivity index (χ0v) is 21.8. The van der Waals surface area contributed by atoms with Crippen molar-refractivity contribution in [3.05, 3.63) is 71.3 Å². The van der Waals surface area contributed by atoms with Gasteiger partial charge in [-0.1, -0.05) is 131 Å². The Morgan fingerprint density at radius 3 is 1.34 bits per heavy atom. The van der Waals surface area contributed by atoms with Gasteiger partial charge in [0, 0.05) is 5.75 Å². The maximum Gasteiger partial charge on any atom is 0.0154 e. The largest absolute Gasteiger partial charge is 0.175 e. The molecule has 0 nitrogen and oxygen atoms in total. The molecule has 0 aromatic heterocycles. The SMILES string of the molecule is CC.CC(C)(C)C(c1ccc(CS)cc1)C(C)(C)C.CC(C)(C)c1ccccc1. The molecule has 0 unspecified atom stereocenters. The van der Waals surface area contributed by atoms with Gasteiger partial charge in [-0.15, -0.1) is 0 Å². The summed E-state index contributed by atoms with van der Waals surface area (Å²) in [4.78, 5) is 0. The lowest BCUT2D eigenvalue weighted by molar-refractivity contribution is 0.176. The summed E-state index contributed by atoms with van der Waals surface area (Å²) >= 11 is 4.31. The van der Waals surface area contributed by atoms with E-state index in [1.165, 1.54) is 16.7 Å². The van der Waals surface area contributed by atoms with Crippen molar-refractivity contribution in [2.75, 3.05) is 0 Å². The van der Waals surface area contributed by atoms with Gasteiger partial charge < -0.3 is 0 Å². The second-order valence-electron chi connectivity index (χ2n) is 10.7. The van der Waals surface area contributed by atoms with E-state index in [0.717, 1.165) is 5.75 Å². The van der Waals surface area contributed by atoms with Crippen LogP contribution in [0.2, 0.25) is 0 Å². The molecular weight excluding hydrogens is 368 g/mol. The van der Waals surface area contributed by atoms with E-state index in [0.29, 0.717) is 11.3 Å². The van der Waals surface area contributed by atoms with Gasteiger partial charge >= 0.3 is 0 Å². The molecule has 29 heavy (non-hydrogen) atoms. The van der Waals surface area contributed by atoms with Crippen LogP contribution in [-0.4, -0.2) is 0 Å². The van der Waals surface area contributed by atoms with Crippen molar-refractivity contribution in [2.24, 2.45) is 10.8 Å². The molecule has 0 aliphatic heterocycles. The summed E-state index contributed by atoms with van der Waals surface area (Å²) in [6.07, 6.45) is 0. The molecule has 2 rings (SSSR count). The highest BCUT2D eigenvalue weighted by atomic mass is 32.1. The van der Waals surface area contributed by atoms with E-state index in [2.05, 4.69) is 130 Å². The van der Waals surface area contributed by atoms with Gasteiger partial charge in [0.15, 0.2) is 0 Å². The van der Waals surface area contributed by atoms with E-state index >= 15 is 0 Å². The van der Waals surface area contributed by atoms with E-state index < -0.39 is 0 Å². The second-order valence-corrected chi connectivity index (χ2v) is 11.0. The zero-order chi connectivity index (χ0) is 22.9. The molecule has 0 radical (unpaired) electrons. The molecule has 0 fully saturated rings. The average molecular weight is 415 g/mol. The standard InChI is InChI=1S/C16H26S.C10H14.C2H6/c1-15(2,3)14(16(4,5)6)13-9-7-12(11-17)8-10-13;1-10(2,3)9-7-5-4-6-8-9;1-2/h7-10,14,17H,11H2,1-6H3;4-8H,1-3H3;1-2H3. The molecule has 0 saturated heterocycles. The van der Waals surface area contributed by atoms with Crippen LogP contribution in [-0.2, 0) is 11.2 Å². The predicted octanol–water partition coefficient (Wildman–Crippen LogP) is 9.30. The lowest BCUT2D eigenvalue weighted by Gasteiger charge is -2.41. The first-order valence-electron chi connectivity index (χ1n) is 11.0. The van der Waals surface area contributed by atoms with Crippen molar-refractivity contribution < 1.29 is 0 Å². The molecular formula is C28H46S. The maximum atomic E-state index is 4.31. The van der Waals surface area contributed by atoms with Crippen LogP contribution >= 0.6 is 12.6 Å². The molecule has 2 aromatic carbocycles. The Morgan fingerprint density at radius 1 is 0.655 bits per heavy atom. The highest BCUT2D eigenvalue weighted by molar-refractivity contribution is 7.79. The van der Waals surface area contributed by atoms with Crippen molar-refractivity contribution in [3.8, 4) is 0 Å². The first-order chi connectivity index (χ1) is 13.3. The summed E-state index contributed by atoms with van der Waals surface area (Å²) in [5.74, 6) is 1.37. The third kappa shape index (κ3) is 9.90. The van der Waals surface area contributed by atoms with Gasteiger partial charge in [0.1, 0.15) is 0 Å². The average Bonchev–Trinajstić information content (AvgIpc) is 2.62. The molecule has 164 valence electrons. The minimum absolute atomic E-state index is 0.279. The molecule has 1 heteroatoms. The fraction of sp³-hybridized carbons (Fsp3) is 0.571. The van der Waals surface area contributed by atoms with Gasteiger partial charge in [0.05, 0.1) is 0 Å². The van der Waals surface area contributed by atoms with Crippen LogP contribution in [0.3, 0.4) is 0 Å². The molecule has 0 atom stereocenters. The number of rotatable bonds is 2. The van der Waals surface area contributed by atoms with Crippen molar-refractivity contribution in [2.45, 2.75) is 93.2 Å². The van der Waals surface area contributed by atoms with Crippen LogP contribution in [0.5, 0.6) is 0 Å². The summed E-state index contributed by atoms with van der Waals surface area (Å²) in [5.41, 5.74) is 4.98. The van der Waals surface area contributed by atoms with E-state index in [1.54, 1.807) is 0 Å². The Balaban J connectivity index is 0.000000554. The fourth-order valence-electron chi connectivity index (χ4n) is 4.05. The van der Waals surface area contributed by atoms with Gasteiger partial charge in [-0.25, -0.2) is 0 Å². The summed E-state index contributed by atoms with van der Waals surface area (Å²) < 4.78 is 0. The van der Waals surface area contributed by atoms with E-state index in [4.69, 9.17) is 0 Å². The van der Waals surface area contributed by atoms with Crippen molar-refractivity contribution in [1.82, 2.24) is 0 Å². The summed E-state index contributed by atoms with van der Waals surface area (Å²) in [7, 11) is 0. The predicted molar refractivity (Wildman–Crippen MR) is 137 cm³/mol. The molecule has 0 spiro atoms.